The lowest BCUT2D eigenvalue weighted by molar-refractivity contribution is -0.137. The number of hydrogen-bond donors (Lipinski definition) is 0. The predicted octanol–water partition coefficient (Wildman–Crippen LogP) is 3.33. The van der Waals surface area contributed by atoms with Gasteiger partial charge in [-0.1, -0.05) is 30.3 Å². The van der Waals surface area contributed by atoms with Gasteiger partial charge in [-0.3, -0.25) is 9.00 Å². The molecule has 1 atom stereocenters. The average molecular weight is 333 g/mol. The number of carbonyl (C=O) groups is 1. The Morgan fingerprint density at radius 1 is 1.13 bits per heavy atom. The van der Waals surface area contributed by atoms with Crippen molar-refractivity contribution in [1.29, 1.82) is 0 Å². The molecule has 1 heterocycles. The first-order valence-corrected chi connectivity index (χ1v) is 10.0. The average Bonchev–Trinajstić information content (AvgIpc) is 2.57. The van der Waals surface area contributed by atoms with Gasteiger partial charge >= 0.3 is 0 Å². The molecule has 3 rings (SSSR count). The number of amides is 1. The highest BCUT2D eigenvalue weighted by Gasteiger charge is 2.38. The lowest BCUT2D eigenvalue weighted by Crippen LogP contribution is -2.53. The first kappa shape index (κ1) is 16.7. The molecule has 0 spiro atoms. The standard InChI is InChI=1S/C19H27NO2S/c1-19(2)14-20(12-13-23(19)22)18(21)17-10-8-16(9-11-17)15-6-4-3-5-7-15/h3-7,16-17H,8-14H2,1-2H3/t16?,17?,23-/m1/s1. The summed E-state index contributed by atoms with van der Waals surface area (Å²) < 4.78 is 11.8. The second-order valence-electron chi connectivity index (χ2n) is 7.53. The Morgan fingerprint density at radius 2 is 1.78 bits per heavy atom. The van der Waals surface area contributed by atoms with E-state index in [-0.39, 0.29) is 10.7 Å². The first-order chi connectivity index (χ1) is 11.0. The van der Waals surface area contributed by atoms with E-state index >= 15 is 0 Å². The summed E-state index contributed by atoms with van der Waals surface area (Å²) >= 11 is 0. The van der Waals surface area contributed by atoms with Crippen molar-refractivity contribution in [3.63, 3.8) is 0 Å². The van der Waals surface area contributed by atoms with Crippen LogP contribution in [0, 0.1) is 5.92 Å². The third kappa shape index (κ3) is 3.68. The zero-order valence-electron chi connectivity index (χ0n) is 14.2. The van der Waals surface area contributed by atoms with E-state index in [9.17, 15) is 9.00 Å². The monoisotopic (exact) mass is 333 g/mol. The molecule has 0 aromatic heterocycles. The molecule has 0 radical (unpaired) electrons. The van der Waals surface area contributed by atoms with Gasteiger partial charge in [0.1, 0.15) is 0 Å². The number of hydrogen-bond acceptors (Lipinski definition) is 2. The van der Waals surface area contributed by atoms with E-state index in [1.165, 1.54) is 5.56 Å². The molecule has 23 heavy (non-hydrogen) atoms. The minimum atomic E-state index is -0.817. The fourth-order valence-electron chi connectivity index (χ4n) is 3.93. The fraction of sp³-hybridized carbons (Fsp3) is 0.632. The molecule has 1 aliphatic heterocycles. The van der Waals surface area contributed by atoms with Crippen LogP contribution in [0.25, 0.3) is 0 Å². The summed E-state index contributed by atoms with van der Waals surface area (Å²) in [5.74, 6) is 1.68. The molecule has 0 N–H and O–H groups in total. The van der Waals surface area contributed by atoms with Gasteiger partial charge in [0, 0.05) is 35.6 Å². The lowest BCUT2D eigenvalue weighted by Gasteiger charge is -2.40. The molecule has 1 saturated carbocycles. The molecule has 1 aromatic rings. The van der Waals surface area contributed by atoms with Crippen molar-refractivity contribution in [1.82, 2.24) is 4.90 Å². The number of rotatable bonds is 2. The van der Waals surface area contributed by atoms with Gasteiger partial charge in [0.15, 0.2) is 0 Å². The van der Waals surface area contributed by atoms with Crippen LogP contribution in [0.15, 0.2) is 30.3 Å². The van der Waals surface area contributed by atoms with Crippen LogP contribution in [0.1, 0.15) is 51.0 Å². The molecule has 0 unspecified atom stereocenters. The molecule has 4 heteroatoms. The van der Waals surface area contributed by atoms with Crippen LogP contribution in [0.2, 0.25) is 0 Å². The van der Waals surface area contributed by atoms with Crippen LogP contribution < -0.4 is 0 Å². The van der Waals surface area contributed by atoms with Crippen LogP contribution in [-0.4, -0.2) is 38.6 Å². The highest BCUT2D eigenvalue weighted by Crippen LogP contribution is 2.37. The minimum absolute atomic E-state index is 0.164. The van der Waals surface area contributed by atoms with Gasteiger partial charge < -0.3 is 4.90 Å². The minimum Gasteiger partial charge on any atom is -0.340 e. The molecular formula is C19H27NO2S. The van der Waals surface area contributed by atoms with Crippen LogP contribution >= 0.6 is 0 Å². The van der Waals surface area contributed by atoms with Gasteiger partial charge in [-0.25, -0.2) is 0 Å². The van der Waals surface area contributed by atoms with Crippen molar-refractivity contribution >= 4 is 16.7 Å². The van der Waals surface area contributed by atoms with Crippen molar-refractivity contribution in [2.45, 2.75) is 50.2 Å². The molecule has 2 fully saturated rings. The molecule has 0 bridgehead atoms. The number of benzene rings is 1. The van der Waals surface area contributed by atoms with Gasteiger partial charge in [-0.15, -0.1) is 0 Å². The molecule has 1 saturated heterocycles. The van der Waals surface area contributed by atoms with Crippen LogP contribution in [0.5, 0.6) is 0 Å². The van der Waals surface area contributed by atoms with E-state index in [2.05, 4.69) is 30.3 Å². The van der Waals surface area contributed by atoms with E-state index < -0.39 is 10.8 Å². The smallest absolute Gasteiger partial charge is 0.225 e. The third-order valence-electron chi connectivity index (χ3n) is 5.39. The maximum atomic E-state index is 12.8. The Morgan fingerprint density at radius 3 is 2.39 bits per heavy atom. The van der Waals surface area contributed by atoms with Crippen molar-refractivity contribution in [2.24, 2.45) is 5.92 Å². The van der Waals surface area contributed by atoms with Gasteiger partial charge in [0.05, 0.1) is 4.75 Å². The van der Waals surface area contributed by atoms with Crippen LogP contribution in [-0.2, 0) is 15.6 Å². The Bertz CT molecular complexity index is 576. The maximum Gasteiger partial charge on any atom is 0.225 e. The van der Waals surface area contributed by atoms with Gasteiger partial charge in [-0.05, 0) is 51.0 Å². The highest BCUT2D eigenvalue weighted by atomic mass is 32.2. The van der Waals surface area contributed by atoms with Gasteiger partial charge in [0.25, 0.3) is 0 Å². The van der Waals surface area contributed by atoms with Crippen LogP contribution in [0.4, 0.5) is 0 Å². The van der Waals surface area contributed by atoms with E-state index in [0.29, 0.717) is 30.7 Å². The number of carbonyl (C=O) groups excluding carboxylic acids is 1. The topological polar surface area (TPSA) is 37.4 Å². The fourth-order valence-corrected chi connectivity index (χ4v) is 5.16. The maximum absolute atomic E-state index is 12.8. The summed E-state index contributed by atoms with van der Waals surface area (Å²) in [7, 11) is -0.817. The van der Waals surface area contributed by atoms with E-state index in [0.717, 1.165) is 25.7 Å². The highest BCUT2D eigenvalue weighted by molar-refractivity contribution is 7.86. The largest absolute Gasteiger partial charge is 0.340 e. The molecule has 1 aromatic carbocycles. The summed E-state index contributed by atoms with van der Waals surface area (Å²) in [6.07, 6.45) is 4.17. The summed E-state index contributed by atoms with van der Waals surface area (Å²) in [6.45, 7) is 5.31. The zero-order chi connectivity index (χ0) is 16.4. The summed E-state index contributed by atoms with van der Waals surface area (Å²) in [5.41, 5.74) is 1.41. The normalized spacial score (nSPS) is 30.9. The Labute approximate surface area is 141 Å². The SMILES string of the molecule is CC1(C)CN(C(=O)C2CCC(c3ccccc3)CC2)CC[S@]1=O. The summed E-state index contributed by atoms with van der Waals surface area (Å²) in [6, 6.07) is 10.7. The third-order valence-corrected chi connectivity index (χ3v) is 7.31. The molecule has 1 amide bonds. The van der Waals surface area contributed by atoms with Crippen molar-refractivity contribution in [2.75, 3.05) is 18.8 Å². The summed E-state index contributed by atoms with van der Waals surface area (Å²) in [5, 5.41) is 0. The second-order valence-corrected chi connectivity index (χ2v) is 9.73. The van der Waals surface area contributed by atoms with E-state index in [1.807, 2.05) is 18.7 Å². The van der Waals surface area contributed by atoms with Crippen molar-refractivity contribution in [3.05, 3.63) is 35.9 Å². The van der Waals surface area contributed by atoms with Gasteiger partial charge in [0.2, 0.25) is 5.91 Å². The van der Waals surface area contributed by atoms with E-state index in [1.54, 1.807) is 0 Å². The molecule has 1 aliphatic carbocycles. The Balaban J connectivity index is 1.57. The van der Waals surface area contributed by atoms with Crippen LogP contribution in [0.3, 0.4) is 0 Å². The summed E-state index contributed by atoms with van der Waals surface area (Å²) in [4.78, 5) is 14.8. The van der Waals surface area contributed by atoms with Crippen molar-refractivity contribution < 1.29 is 9.00 Å². The Hall–Kier alpha value is -1.16. The lowest BCUT2D eigenvalue weighted by atomic mass is 9.78. The van der Waals surface area contributed by atoms with Gasteiger partial charge in [-0.2, -0.15) is 0 Å². The quantitative estimate of drug-likeness (QED) is 0.832. The molecule has 2 aliphatic rings. The Kier molecular flexibility index (Phi) is 4.90. The number of nitrogens with zero attached hydrogens (tertiary/aromatic N) is 1. The first-order valence-electron chi connectivity index (χ1n) is 8.69. The second kappa shape index (κ2) is 6.76. The van der Waals surface area contributed by atoms with E-state index in [4.69, 9.17) is 0 Å². The molecule has 126 valence electrons. The van der Waals surface area contributed by atoms with Crippen molar-refractivity contribution in [3.8, 4) is 0 Å². The predicted molar refractivity (Wildman–Crippen MR) is 94.8 cm³/mol. The molecular weight excluding hydrogens is 306 g/mol. The zero-order valence-corrected chi connectivity index (χ0v) is 15.0. The molecule has 3 nitrogen and oxygen atoms in total.